The molecular weight excluding hydrogens is 1160 g/mol. The number of rotatable bonds is 8. The van der Waals surface area contributed by atoms with Gasteiger partial charge in [-0.15, -0.1) is 20.4 Å². The number of hydrogen-bond donors (Lipinski definition) is 0. The van der Waals surface area contributed by atoms with Crippen LogP contribution in [-0.2, 0) is 29.4 Å². The second-order valence-corrected chi connectivity index (χ2v) is 24.3. The molecule has 431 valence electrons. The zero-order valence-corrected chi connectivity index (χ0v) is 57.2. The Hall–Kier alpha value is -7.21. The summed E-state index contributed by atoms with van der Waals surface area (Å²) in [6.45, 7) is 17.7. The van der Waals surface area contributed by atoms with Crippen LogP contribution in [0, 0.1) is 0 Å². The summed E-state index contributed by atoms with van der Waals surface area (Å²) >= 11 is 0. The Kier molecular flexibility index (Phi) is 19.5. The molecule has 0 saturated heterocycles. The fraction of sp³-hybridized carbons (Fsp3) is 0.184. The van der Waals surface area contributed by atoms with E-state index in [1.807, 2.05) is 48.5 Å². The molecule has 0 amide bonds. The monoisotopic (exact) mass is 1230 g/mol. The first-order valence-corrected chi connectivity index (χ1v) is 29.6. The molecule has 88 heavy (non-hydrogen) atoms. The standard InChI is InChI=1S/C30H30N4O2.C30H22N2.C16H17N.K.H2P.V/c1-29(2,3)23-14-10-19(11-15-23)25-31-33-27(35-25)21-8-7-9-22(18-21)28-34-32-26(36-28)20-12-16-24(17-13-20)30(4,5)6;1-5-16-27-23(12-1)24-13-2-6-17-28(24)31(27)21-10-9-11-22(20-21)32-29-18-7-3-14-25(29)26-15-4-8-19-30(26)32;1-3-12(2)17-15-10-6-4-8-13(15)14-9-5-7-11-16(14)17;;;/h7-18H,1-6H3;1-20,27,29H;4-12H,3H2,1-2H3;;1H2;/q;+2;;+1;-1;. The van der Waals surface area contributed by atoms with Crippen molar-refractivity contribution in [3.05, 3.63) is 275 Å². The number of para-hydroxylation sites is 4. The van der Waals surface area contributed by atoms with Crippen LogP contribution in [0.3, 0.4) is 0 Å². The van der Waals surface area contributed by atoms with Crippen molar-refractivity contribution in [3.63, 3.8) is 0 Å². The number of allylic oxidation sites excluding steroid dienone is 4. The average molecular weight is 1240 g/mol. The fourth-order valence-electron chi connectivity index (χ4n) is 12.1. The van der Waals surface area contributed by atoms with Crippen LogP contribution in [0.25, 0.3) is 78.8 Å². The maximum atomic E-state index is 6.00. The SMILES string of the molecule is C1=CC2=c3ccccc3=[N+](c3cccc([N+]4=c5ccccc5=C5C=CC=CC54)c3)C2C=C1.CC(C)(C)c1ccc(-c2nnc(-c3cccc(-c4nnc(-c5ccc(C(C)(C)C)cc5)o4)c3)o2)cc1.CCC(C)n1c2ccccc2c2ccccc21.[K+].[PH2-].[V]. The van der Waals surface area contributed by atoms with Gasteiger partial charge < -0.3 is 23.3 Å². The Balaban J connectivity index is 0.000000151. The first kappa shape index (κ1) is 63.8. The van der Waals surface area contributed by atoms with E-state index >= 15 is 0 Å². The van der Waals surface area contributed by atoms with E-state index in [1.54, 1.807) is 0 Å². The quantitative estimate of drug-likeness (QED) is 0.0856. The molecule has 0 N–H and O–H groups in total. The van der Waals surface area contributed by atoms with Crippen LogP contribution >= 0.6 is 9.90 Å². The van der Waals surface area contributed by atoms with Gasteiger partial charge in [0, 0.05) is 104 Å². The van der Waals surface area contributed by atoms with Gasteiger partial charge in [0.25, 0.3) is 0 Å². The summed E-state index contributed by atoms with van der Waals surface area (Å²) < 4.78 is 19.4. The second kappa shape index (κ2) is 26.9. The van der Waals surface area contributed by atoms with Gasteiger partial charge in [-0.3, -0.25) is 0 Å². The molecular formula is C76H71KN7O2PV+2. The smallest absolute Gasteiger partial charge is 0.577 e. The molecule has 0 bridgehead atoms. The molecule has 15 rings (SSSR count). The Bertz CT molecular complexity index is 4480. The zero-order chi connectivity index (χ0) is 58.4. The third kappa shape index (κ3) is 12.6. The molecule has 3 aromatic heterocycles. The zero-order valence-electron chi connectivity index (χ0n) is 51.5. The first-order valence-electron chi connectivity index (χ1n) is 29.6. The van der Waals surface area contributed by atoms with Crippen LogP contribution in [0.2, 0.25) is 0 Å². The molecule has 0 spiro atoms. The van der Waals surface area contributed by atoms with Crippen molar-refractivity contribution in [3.8, 4) is 45.8 Å². The molecule has 0 saturated carbocycles. The second-order valence-electron chi connectivity index (χ2n) is 24.3. The van der Waals surface area contributed by atoms with Crippen molar-refractivity contribution >= 4 is 54.2 Å². The molecule has 5 heterocycles. The molecule has 9 nitrogen and oxygen atoms in total. The van der Waals surface area contributed by atoms with Crippen LogP contribution < -0.4 is 81.7 Å². The van der Waals surface area contributed by atoms with E-state index in [-0.39, 0.29) is 103 Å². The van der Waals surface area contributed by atoms with Gasteiger partial charge in [-0.1, -0.05) is 176 Å². The van der Waals surface area contributed by atoms with E-state index in [1.165, 1.54) is 76.6 Å². The predicted molar refractivity (Wildman–Crippen MR) is 356 cm³/mol. The molecule has 3 atom stereocenters. The van der Waals surface area contributed by atoms with Crippen LogP contribution in [0.5, 0.6) is 0 Å². The molecule has 12 heteroatoms. The van der Waals surface area contributed by atoms with Gasteiger partial charge in [0.2, 0.25) is 57.7 Å². The van der Waals surface area contributed by atoms with E-state index in [0.717, 1.165) is 28.7 Å². The molecule has 1 radical (unpaired) electrons. The van der Waals surface area contributed by atoms with Crippen LogP contribution in [0.1, 0.15) is 79.0 Å². The number of hydrogen-bond acceptors (Lipinski definition) is 6. The van der Waals surface area contributed by atoms with Gasteiger partial charge in [0.15, 0.2) is 0 Å². The van der Waals surface area contributed by atoms with Gasteiger partial charge >= 0.3 is 51.4 Å². The van der Waals surface area contributed by atoms with Gasteiger partial charge in [0.05, 0.1) is 16.5 Å². The van der Waals surface area contributed by atoms with Crippen molar-refractivity contribution in [2.45, 2.75) is 90.8 Å². The van der Waals surface area contributed by atoms with Crippen molar-refractivity contribution in [2.24, 2.45) is 0 Å². The molecule has 0 fully saturated rings. The number of aromatic nitrogens is 5. The van der Waals surface area contributed by atoms with Crippen molar-refractivity contribution in [1.29, 1.82) is 0 Å². The molecule has 4 aliphatic rings. The van der Waals surface area contributed by atoms with Crippen molar-refractivity contribution in [2.75, 3.05) is 0 Å². The molecule has 2 aliphatic heterocycles. The van der Waals surface area contributed by atoms with Crippen LogP contribution in [0.15, 0.2) is 252 Å². The fourth-order valence-corrected chi connectivity index (χ4v) is 12.1. The maximum Gasteiger partial charge on any atom is 1.00 e. The summed E-state index contributed by atoms with van der Waals surface area (Å²) in [6.07, 6.45) is 18.9. The number of nitrogens with zero attached hydrogens (tertiary/aromatic N) is 7. The first-order chi connectivity index (χ1) is 41.3. The van der Waals surface area contributed by atoms with Gasteiger partial charge in [-0.25, -0.2) is 0 Å². The van der Waals surface area contributed by atoms with E-state index in [2.05, 4.69) is 284 Å². The summed E-state index contributed by atoms with van der Waals surface area (Å²) in [5.41, 5.74) is 13.9. The minimum atomic E-state index is 0. The van der Waals surface area contributed by atoms with E-state index < -0.39 is 0 Å². The number of benzene rings is 8. The topological polar surface area (TPSA) is 88.8 Å². The Morgan fingerprint density at radius 2 is 0.841 bits per heavy atom. The summed E-state index contributed by atoms with van der Waals surface area (Å²) in [5, 5.41) is 25.0. The van der Waals surface area contributed by atoms with Crippen molar-refractivity contribution < 1.29 is 78.8 Å². The van der Waals surface area contributed by atoms with E-state index in [9.17, 15) is 0 Å². The largest absolute Gasteiger partial charge is 1.00 e. The summed E-state index contributed by atoms with van der Waals surface area (Å²) in [6, 6.07) is 69.0. The third-order valence-corrected chi connectivity index (χ3v) is 16.7. The number of fused-ring (bicyclic) bond motifs is 7. The minimum absolute atomic E-state index is 0. The Morgan fingerprint density at radius 3 is 1.26 bits per heavy atom. The summed E-state index contributed by atoms with van der Waals surface area (Å²) in [4.78, 5) is 0. The van der Waals surface area contributed by atoms with Gasteiger partial charge in [-0.05, 0) is 120 Å². The molecule has 2 aliphatic carbocycles. The summed E-state index contributed by atoms with van der Waals surface area (Å²) in [5.74, 6) is 1.83. The normalized spacial score (nSPS) is 15.4. The predicted octanol–water partition coefficient (Wildman–Crippen LogP) is 12.5. The third-order valence-electron chi connectivity index (χ3n) is 16.7. The van der Waals surface area contributed by atoms with Crippen molar-refractivity contribution in [1.82, 2.24) is 34.1 Å². The van der Waals surface area contributed by atoms with Crippen LogP contribution in [-0.4, -0.2) is 37.0 Å². The average Bonchev–Trinajstić information content (AvgIpc) is 1.79. The Labute approximate surface area is 573 Å². The Morgan fingerprint density at radius 1 is 0.455 bits per heavy atom. The molecule has 11 aromatic rings. The van der Waals surface area contributed by atoms with Gasteiger partial charge in [-0.2, -0.15) is 9.15 Å². The minimum Gasteiger partial charge on any atom is -0.577 e. The van der Waals surface area contributed by atoms with Gasteiger partial charge in [0.1, 0.15) is 0 Å². The van der Waals surface area contributed by atoms with E-state index in [0.29, 0.717) is 29.6 Å². The van der Waals surface area contributed by atoms with E-state index in [4.69, 9.17) is 8.83 Å². The van der Waals surface area contributed by atoms with Crippen LogP contribution in [0.4, 0.5) is 11.4 Å². The molecule has 3 unspecified atom stereocenters. The summed E-state index contributed by atoms with van der Waals surface area (Å²) in [7, 11) is 0. The molecule has 8 aromatic carbocycles. The maximum absolute atomic E-state index is 6.00.